The van der Waals surface area contributed by atoms with E-state index in [1.165, 1.54) is 13.8 Å². The topological polar surface area (TPSA) is 0 Å². The third-order valence-electron chi connectivity index (χ3n) is 2.45. The molecule has 0 aliphatic heterocycles. The van der Waals surface area contributed by atoms with E-state index in [4.69, 9.17) is 0 Å². The van der Waals surface area contributed by atoms with E-state index in [1.807, 2.05) is 0 Å². The van der Waals surface area contributed by atoms with Gasteiger partial charge in [0.15, 0.2) is 11.6 Å². The Balaban J connectivity index is 3.71. The normalized spacial score (nSPS) is 12.4. The highest BCUT2D eigenvalue weighted by Crippen LogP contribution is 2.38. The second kappa shape index (κ2) is 4.23. The van der Waals surface area contributed by atoms with Crippen LogP contribution in [0.15, 0.2) is 0 Å². The summed E-state index contributed by atoms with van der Waals surface area (Å²) in [7, 11) is 0. The minimum Gasteiger partial charge on any atom is -0.206 e. The van der Waals surface area contributed by atoms with Crippen LogP contribution < -0.4 is 0 Å². The Bertz CT molecular complexity index is 415. The molecule has 17 heavy (non-hydrogen) atoms. The second-order valence-corrected chi connectivity index (χ2v) is 4.01. The van der Waals surface area contributed by atoms with E-state index in [9.17, 15) is 26.3 Å². The van der Waals surface area contributed by atoms with Crippen LogP contribution in [0.5, 0.6) is 0 Å². The van der Waals surface area contributed by atoms with Crippen LogP contribution in [0.2, 0.25) is 0 Å². The lowest BCUT2D eigenvalue weighted by Gasteiger charge is -2.17. The van der Waals surface area contributed by atoms with Crippen molar-refractivity contribution >= 4 is 0 Å². The Kier molecular flexibility index (Phi) is 3.45. The largest absolute Gasteiger partial charge is 0.419 e. The summed E-state index contributed by atoms with van der Waals surface area (Å²) in [4.78, 5) is 0. The van der Waals surface area contributed by atoms with Gasteiger partial charge in [-0.05, 0) is 12.8 Å². The first-order valence-electron chi connectivity index (χ1n) is 4.83. The number of halogens is 6. The molecule has 0 amide bonds. The van der Waals surface area contributed by atoms with E-state index in [1.54, 1.807) is 0 Å². The van der Waals surface area contributed by atoms with Crippen LogP contribution in [0.3, 0.4) is 0 Å². The van der Waals surface area contributed by atoms with Gasteiger partial charge < -0.3 is 0 Å². The van der Waals surface area contributed by atoms with E-state index < -0.39 is 46.2 Å². The second-order valence-electron chi connectivity index (χ2n) is 4.01. The Morgan fingerprint density at radius 3 is 1.71 bits per heavy atom. The van der Waals surface area contributed by atoms with Crippen molar-refractivity contribution in [3.63, 3.8) is 0 Å². The van der Waals surface area contributed by atoms with Gasteiger partial charge in [-0.3, -0.25) is 0 Å². The standard InChI is InChI=1S/C11H10F6/c1-4(2)6-8(12)5(3)7(11(15,16)17)10(14)9(6)13/h4H,1-3H3. The van der Waals surface area contributed by atoms with Crippen molar-refractivity contribution < 1.29 is 26.3 Å². The summed E-state index contributed by atoms with van der Waals surface area (Å²) in [5, 5.41) is 0. The fourth-order valence-electron chi connectivity index (χ4n) is 1.64. The molecular weight excluding hydrogens is 246 g/mol. The van der Waals surface area contributed by atoms with Crippen molar-refractivity contribution in [2.45, 2.75) is 32.9 Å². The van der Waals surface area contributed by atoms with Crippen molar-refractivity contribution in [2.24, 2.45) is 0 Å². The first-order valence-corrected chi connectivity index (χ1v) is 4.83. The van der Waals surface area contributed by atoms with Gasteiger partial charge in [-0.15, -0.1) is 0 Å². The SMILES string of the molecule is Cc1c(F)c(C(C)C)c(F)c(F)c1C(F)(F)F. The molecule has 1 rings (SSSR count). The van der Waals surface area contributed by atoms with Crippen LogP contribution in [0, 0.1) is 24.4 Å². The van der Waals surface area contributed by atoms with E-state index >= 15 is 0 Å². The maximum atomic E-state index is 13.6. The zero-order valence-electron chi connectivity index (χ0n) is 9.35. The molecule has 0 saturated carbocycles. The quantitative estimate of drug-likeness (QED) is 0.510. The zero-order valence-corrected chi connectivity index (χ0v) is 9.35. The molecule has 0 spiro atoms. The summed E-state index contributed by atoms with van der Waals surface area (Å²) >= 11 is 0. The predicted octanol–water partition coefficient (Wildman–Crippen LogP) is 4.55. The highest BCUT2D eigenvalue weighted by atomic mass is 19.4. The lowest BCUT2D eigenvalue weighted by Crippen LogP contribution is -2.16. The van der Waals surface area contributed by atoms with E-state index in [-0.39, 0.29) is 0 Å². The summed E-state index contributed by atoms with van der Waals surface area (Å²) in [6.07, 6.45) is -5.12. The van der Waals surface area contributed by atoms with E-state index in [0.29, 0.717) is 0 Å². The Hall–Kier alpha value is -1.20. The summed E-state index contributed by atoms with van der Waals surface area (Å²) < 4.78 is 77.5. The molecular formula is C11H10F6. The smallest absolute Gasteiger partial charge is 0.206 e. The number of alkyl halides is 3. The summed E-state index contributed by atoms with van der Waals surface area (Å²) in [5.74, 6) is -5.90. The molecule has 0 aromatic heterocycles. The third-order valence-corrected chi connectivity index (χ3v) is 2.45. The average molecular weight is 256 g/mol. The van der Waals surface area contributed by atoms with Crippen molar-refractivity contribution in [1.82, 2.24) is 0 Å². The minimum atomic E-state index is -5.12. The van der Waals surface area contributed by atoms with Crippen LogP contribution in [-0.4, -0.2) is 0 Å². The zero-order chi connectivity index (χ0) is 13.5. The molecule has 0 aliphatic carbocycles. The number of benzene rings is 1. The maximum absolute atomic E-state index is 13.6. The molecule has 0 heterocycles. The van der Waals surface area contributed by atoms with Gasteiger partial charge in [0.05, 0.1) is 0 Å². The molecule has 0 nitrogen and oxygen atoms in total. The molecule has 0 radical (unpaired) electrons. The van der Waals surface area contributed by atoms with Gasteiger partial charge in [-0.2, -0.15) is 13.2 Å². The van der Waals surface area contributed by atoms with Crippen molar-refractivity contribution in [3.8, 4) is 0 Å². The lowest BCUT2D eigenvalue weighted by atomic mass is 9.95. The first kappa shape index (κ1) is 13.9. The third kappa shape index (κ3) is 2.25. The van der Waals surface area contributed by atoms with Gasteiger partial charge >= 0.3 is 6.18 Å². The summed E-state index contributed by atoms with van der Waals surface area (Å²) in [5.41, 5.74) is -3.45. The molecule has 0 atom stereocenters. The number of hydrogen-bond donors (Lipinski definition) is 0. The van der Waals surface area contributed by atoms with Gasteiger partial charge in [-0.1, -0.05) is 13.8 Å². The fraction of sp³-hybridized carbons (Fsp3) is 0.455. The molecule has 6 heteroatoms. The van der Waals surface area contributed by atoms with Crippen LogP contribution in [0.1, 0.15) is 36.5 Å². The molecule has 0 N–H and O–H groups in total. The van der Waals surface area contributed by atoms with Gasteiger partial charge in [0.1, 0.15) is 11.4 Å². The molecule has 0 fully saturated rings. The molecule has 1 aromatic carbocycles. The van der Waals surface area contributed by atoms with Crippen molar-refractivity contribution in [3.05, 3.63) is 34.1 Å². The van der Waals surface area contributed by atoms with E-state index in [2.05, 4.69) is 0 Å². The van der Waals surface area contributed by atoms with Gasteiger partial charge in [0, 0.05) is 11.1 Å². The fourth-order valence-corrected chi connectivity index (χ4v) is 1.64. The average Bonchev–Trinajstić information content (AvgIpc) is 2.12. The van der Waals surface area contributed by atoms with Gasteiger partial charge in [0.2, 0.25) is 0 Å². The molecule has 1 aromatic rings. The van der Waals surface area contributed by atoms with Crippen LogP contribution in [-0.2, 0) is 6.18 Å². The predicted molar refractivity (Wildman–Crippen MR) is 50.1 cm³/mol. The van der Waals surface area contributed by atoms with Crippen LogP contribution in [0.4, 0.5) is 26.3 Å². The molecule has 0 saturated heterocycles. The summed E-state index contributed by atoms with van der Waals surface area (Å²) in [6, 6.07) is 0. The maximum Gasteiger partial charge on any atom is 0.419 e. The van der Waals surface area contributed by atoms with E-state index in [0.717, 1.165) is 6.92 Å². The number of rotatable bonds is 1. The first-order chi connectivity index (χ1) is 7.59. The minimum absolute atomic E-state index is 0.659. The highest BCUT2D eigenvalue weighted by Gasteiger charge is 2.40. The van der Waals surface area contributed by atoms with Crippen LogP contribution in [0.25, 0.3) is 0 Å². The molecule has 96 valence electrons. The van der Waals surface area contributed by atoms with Crippen LogP contribution >= 0.6 is 0 Å². The van der Waals surface area contributed by atoms with Crippen molar-refractivity contribution in [2.75, 3.05) is 0 Å². The lowest BCUT2D eigenvalue weighted by molar-refractivity contribution is -0.141. The highest BCUT2D eigenvalue weighted by molar-refractivity contribution is 5.38. The molecule has 0 unspecified atom stereocenters. The monoisotopic (exact) mass is 256 g/mol. The molecule has 0 bridgehead atoms. The van der Waals surface area contributed by atoms with Crippen molar-refractivity contribution in [1.29, 1.82) is 0 Å². The Morgan fingerprint density at radius 2 is 1.35 bits per heavy atom. The summed E-state index contributed by atoms with van der Waals surface area (Å²) in [6.45, 7) is 3.52. The van der Waals surface area contributed by atoms with Gasteiger partial charge in [-0.25, -0.2) is 13.2 Å². The molecule has 0 aliphatic rings. The van der Waals surface area contributed by atoms with Gasteiger partial charge in [0.25, 0.3) is 0 Å². The number of hydrogen-bond acceptors (Lipinski definition) is 0. The Labute approximate surface area is 94.2 Å². The Morgan fingerprint density at radius 1 is 0.882 bits per heavy atom.